The molecule has 1 fully saturated rings. The third-order valence-corrected chi connectivity index (χ3v) is 4.91. The highest BCUT2D eigenvalue weighted by Gasteiger charge is 2.20. The van der Waals surface area contributed by atoms with Gasteiger partial charge in [0.2, 0.25) is 0 Å². The van der Waals surface area contributed by atoms with Crippen LogP contribution in [0.5, 0.6) is 0 Å². The Morgan fingerprint density at radius 2 is 2.00 bits per heavy atom. The van der Waals surface area contributed by atoms with Crippen LogP contribution in [-0.4, -0.2) is 45.4 Å². The lowest BCUT2D eigenvalue weighted by atomic mass is 10.1. The molecule has 1 aliphatic heterocycles. The van der Waals surface area contributed by atoms with Crippen LogP contribution in [0.15, 0.2) is 29.2 Å². The van der Waals surface area contributed by atoms with E-state index in [0.29, 0.717) is 11.0 Å². The minimum atomic E-state index is -3.11. The Labute approximate surface area is 128 Å². The van der Waals surface area contributed by atoms with Crippen molar-refractivity contribution in [3.05, 3.63) is 29.8 Å². The van der Waals surface area contributed by atoms with Gasteiger partial charge in [0.15, 0.2) is 9.84 Å². The van der Waals surface area contributed by atoms with Crippen molar-refractivity contribution >= 4 is 9.84 Å². The molecule has 0 bridgehead atoms. The Hall–Kier alpha value is -0.910. The van der Waals surface area contributed by atoms with E-state index in [1.165, 1.54) is 6.26 Å². The van der Waals surface area contributed by atoms with Crippen LogP contribution in [0.1, 0.15) is 31.7 Å². The van der Waals surface area contributed by atoms with Gasteiger partial charge in [0.25, 0.3) is 0 Å². The number of rotatable bonds is 6. The van der Waals surface area contributed by atoms with Gasteiger partial charge in [-0.05, 0) is 43.5 Å². The number of nitrogens with zero attached hydrogens (tertiary/aromatic N) is 1. The molecule has 1 saturated heterocycles. The van der Waals surface area contributed by atoms with Crippen LogP contribution in [0.25, 0.3) is 0 Å². The number of benzene rings is 1. The molecule has 1 aliphatic rings. The molecule has 0 unspecified atom stereocenters. The molecule has 1 aromatic carbocycles. The van der Waals surface area contributed by atoms with Crippen molar-refractivity contribution in [2.75, 3.05) is 26.0 Å². The summed E-state index contributed by atoms with van der Waals surface area (Å²) in [5.41, 5.74) is 1.15. The second-order valence-corrected chi connectivity index (χ2v) is 7.80. The summed E-state index contributed by atoms with van der Waals surface area (Å²) in [6, 6.07) is 7.21. The molecule has 1 aromatic rings. The molecule has 0 aromatic heterocycles. The summed E-state index contributed by atoms with van der Waals surface area (Å²) >= 11 is 0. The summed E-state index contributed by atoms with van der Waals surface area (Å²) in [4.78, 5) is 2.77. The number of hydrogen-bond acceptors (Lipinski definition) is 4. The molecule has 2 rings (SSSR count). The molecule has 4 nitrogen and oxygen atoms in total. The third-order valence-electron chi connectivity index (χ3n) is 3.78. The zero-order valence-corrected chi connectivity index (χ0v) is 13.7. The molecule has 0 spiro atoms. The molecule has 0 aliphatic carbocycles. The Morgan fingerprint density at radius 3 is 2.62 bits per heavy atom. The van der Waals surface area contributed by atoms with Crippen LogP contribution in [0.4, 0.5) is 0 Å². The van der Waals surface area contributed by atoms with Crippen molar-refractivity contribution in [1.29, 1.82) is 0 Å². The lowest BCUT2D eigenvalue weighted by molar-refractivity contribution is -0.00223. The van der Waals surface area contributed by atoms with Gasteiger partial charge in [0.1, 0.15) is 0 Å². The van der Waals surface area contributed by atoms with E-state index in [9.17, 15) is 8.42 Å². The van der Waals surface area contributed by atoms with Crippen LogP contribution < -0.4 is 0 Å². The largest absolute Gasteiger partial charge is 0.377 e. The van der Waals surface area contributed by atoms with Gasteiger partial charge in [-0.3, -0.25) is 4.90 Å². The highest BCUT2D eigenvalue weighted by molar-refractivity contribution is 7.90. The molecule has 0 N–H and O–H groups in total. The van der Waals surface area contributed by atoms with Crippen LogP contribution >= 0.6 is 0 Å². The lowest BCUT2D eigenvalue weighted by Crippen LogP contribution is -2.39. The Bertz CT molecular complexity index is 539. The quantitative estimate of drug-likeness (QED) is 0.810. The van der Waals surface area contributed by atoms with E-state index in [2.05, 4.69) is 11.8 Å². The maximum absolute atomic E-state index is 11.5. The van der Waals surface area contributed by atoms with Crippen LogP contribution in [-0.2, 0) is 21.1 Å². The van der Waals surface area contributed by atoms with Gasteiger partial charge >= 0.3 is 0 Å². The molecule has 1 heterocycles. The fourth-order valence-corrected chi connectivity index (χ4v) is 3.31. The Morgan fingerprint density at radius 1 is 1.29 bits per heavy atom. The Kier molecular flexibility index (Phi) is 5.79. The minimum Gasteiger partial charge on any atom is -0.377 e. The fourth-order valence-electron chi connectivity index (χ4n) is 2.68. The van der Waals surface area contributed by atoms with E-state index < -0.39 is 9.84 Å². The number of ether oxygens (including phenoxy) is 1. The summed E-state index contributed by atoms with van der Waals surface area (Å²) in [6.07, 6.45) is 4.94. The van der Waals surface area contributed by atoms with Crippen molar-refractivity contribution < 1.29 is 13.2 Å². The predicted molar refractivity (Wildman–Crippen MR) is 84.1 cm³/mol. The van der Waals surface area contributed by atoms with E-state index in [1.807, 2.05) is 12.1 Å². The molecule has 0 radical (unpaired) electrons. The number of likely N-dealkylation sites (tertiary alicyclic amines) is 1. The zero-order chi connectivity index (χ0) is 15.3. The first kappa shape index (κ1) is 16.5. The van der Waals surface area contributed by atoms with Gasteiger partial charge in [0.05, 0.1) is 11.0 Å². The van der Waals surface area contributed by atoms with E-state index >= 15 is 0 Å². The number of sulfone groups is 1. The highest BCUT2D eigenvalue weighted by Crippen LogP contribution is 2.17. The first-order valence-corrected chi connectivity index (χ1v) is 9.51. The Balaban J connectivity index is 1.92. The monoisotopic (exact) mass is 311 g/mol. The SMILES string of the molecule is CCCO[C@@H]1CCCN(Cc2ccc(S(C)(=O)=O)cc2)C1. The molecular weight excluding hydrogens is 286 g/mol. The van der Waals surface area contributed by atoms with Crippen molar-refractivity contribution in [2.45, 2.75) is 43.7 Å². The molecule has 21 heavy (non-hydrogen) atoms. The first-order chi connectivity index (χ1) is 9.99. The molecule has 118 valence electrons. The van der Waals surface area contributed by atoms with Crippen LogP contribution in [0.2, 0.25) is 0 Å². The number of hydrogen-bond donors (Lipinski definition) is 0. The van der Waals surface area contributed by atoms with Crippen molar-refractivity contribution in [1.82, 2.24) is 4.90 Å². The van der Waals surface area contributed by atoms with E-state index in [1.54, 1.807) is 12.1 Å². The topological polar surface area (TPSA) is 46.6 Å². The second-order valence-electron chi connectivity index (χ2n) is 5.79. The van der Waals surface area contributed by atoms with Gasteiger partial charge in [-0.25, -0.2) is 8.42 Å². The third kappa shape index (κ3) is 5.09. The smallest absolute Gasteiger partial charge is 0.175 e. The second kappa shape index (κ2) is 7.38. The summed E-state index contributed by atoms with van der Waals surface area (Å²) in [5.74, 6) is 0. The molecule has 0 saturated carbocycles. The van der Waals surface area contributed by atoms with E-state index in [0.717, 1.165) is 51.1 Å². The van der Waals surface area contributed by atoms with Gasteiger partial charge in [-0.1, -0.05) is 19.1 Å². The predicted octanol–water partition coefficient (Wildman–Crippen LogP) is 2.48. The minimum absolute atomic E-state index is 0.342. The van der Waals surface area contributed by atoms with Gasteiger partial charge < -0.3 is 4.74 Å². The van der Waals surface area contributed by atoms with Gasteiger partial charge in [0, 0.05) is 26.0 Å². The first-order valence-electron chi connectivity index (χ1n) is 7.62. The van der Waals surface area contributed by atoms with Crippen LogP contribution in [0.3, 0.4) is 0 Å². The molecule has 0 amide bonds. The highest BCUT2D eigenvalue weighted by atomic mass is 32.2. The van der Waals surface area contributed by atoms with Crippen molar-refractivity contribution in [3.63, 3.8) is 0 Å². The average molecular weight is 311 g/mol. The summed E-state index contributed by atoms with van der Waals surface area (Å²) in [5, 5.41) is 0. The normalized spacial score (nSPS) is 20.6. The summed E-state index contributed by atoms with van der Waals surface area (Å²) in [7, 11) is -3.11. The maximum atomic E-state index is 11.5. The van der Waals surface area contributed by atoms with Crippen molar-refractivity contribution in [2.24, 2.45) is 0 Å². The van der Waals surface area contributed by atoms with Crippen LogP contribution in [0, 0.1) is 0 Å². The van der Waals surface area contributed by atoms with E-state index in [4.69, 9.17) is 4.74 Å². The standard InChI is InChI=1S/C16H25NO3S/c1-3-11-20-15-5-4-10-17(13-15)12-14-6-8-16(9-7-14)21(2,18)19/h6-9,15H,3-5,10-13H2,1-2H3/t15-/m1/s1. The molecule has 1 atom stereocenters. The van der Waals surface area contributed by atoms with E-state index in [-0.39, 0.29) is 0 Å². The lowest BCUT2D eigenvalue weighted by Gasteiger charge is -2.32. The average Bonchev–Trinajstić information content (AvgIpc) is 2.45. The maximum Gasteiger partial charge on any atom is 0.175 e. The molecule has 5 heteroatoms. The summed E-state index contributed by atoms with van der Waals surface area (Å²) < 4.78 is 28.7. The molecular formula is C16H25NO3S. The summed E-state index contributed by atoms with van der Waals surface area (Å²) in [6.45, 7) is 5.87. The van der Waals surface area contributed by atoms with Crippen molar-refractivity contribution in [3.8, 4) is 0 Å². The fraction of sp³-hybridized carbons (Fsp3) is 0.625. The van der Waals surface area contributed by atoms with Gasteiger partial charge in [-0.2, -0.15) is 0 Å². The zero-order valence-electron chi connectivity index (χ0n) is 12.9. The van der Waals surface area contributed by atoms with Gasteiger partial charge in [-0.15, -0.1) is 0 Å². The number of piperidine rings is 1.